The van der Waals surface area contributed by atoms with E-state index in [9.17, 15) is 4.79 Å². The highest BCUT2D eigenvalue weighted by molar-refractivity contribution is 5.96. The van der Waals surface area contributed by atoms with E-state index >= 15 is 0 Å². The van der Waals surface area contributed by atoms with Crippen LogP contribution in [0.3, 0.4) is 0 Å². The molecular weight excluding hydrogens is 450 g/mol. The van der Waals surface area contributed by atoms with Gasteiger partial charge in [-0.3, -0.25) is 4.79 Å². The molecule has 1 fully saturated rings. The molecule has 0 N–H and O–H groups in total. The third-order valence-electron chi connectivity index (χ3n) is 6.75. The van der Waals surface area contributed by atoms with Gasteiger partial charge in [0, 0.05) is 24.6 Å². The summed E-state index contributed by atoms with van der Waals surface area (Å²) in [7, 11) is 0. The molecule has 6 heteroatoms. The molecule has 0 aliphatic carbocycles. The molecule has 6 nitrogen and oxygen atoms in total. The number of para-hydroxylation sites is 3. The van der Waals surface area contributed by atoms with Gasteiger partial charge in [-0.05, 0) is 60.9 Å². The van der Waals surface area contributed by atoms with Crippen LogP contribution in [-0.4, -0.2) is 35.2 Å². The van der Waals surface area contributed by atoms with E-state index in [1.165, 1.54) is 5.56 Å². The van der Waals surface area contributed by atoms with Gasteiger partial charge in [-0.15, -0.1) is 0 Å². The summed E-state index contributed by atoms with van der Waals surface area (Å²) in [5, 5.41) is 0. The van der Waals surface area contributed by atoms with Crippen LogP contribution in [0, 0.1) is 0 Å². The van der Waals surface area contributed by atoms with Gasteiger partial charge in [0.15, 0.2) is 0 Å². The molecule has 0 bridgehead atoms. The first kappa shape index (κ1) is 23.9. The lowest BCUT2D eigenvalue weighted by Crippen LogP contribution is -2.24. The summed E-state index contributed by atoms with van der Waals surface area (Å²) in [4.78, 5) is 19.9. The number of rotatable bonds is 9. The summed E-state index contributed by atoms with van der Waals surface area (Å²) in [6.45, 7) is 8.73. The van der Waals surface area contributed by atoms with Gasteiger partial charge in [0.25, 0.3) is 0 Å². The molecule has 0 radical (unpaired) electrons. The van der Waals surface area contributed by atoms with Gasteiger partial charge in [0.05, 0.1) is 24.2 Å². The zero-order valence-corrected chi connectivity index (χ0v) is 21.2. The summed E-state index contributed by atoms with van der Waals surface area (Å²) in [5.41, 5.74) is 4.12. The van der Waals surface area contributed by atoms with Crippen LogP contribution in [-0.2, 0) is 11.3 Å². The van der Waals surface area contributed by atoms with Crippen LogP contribution in [0.1, 0.15) is 50.4 Å². The maximum atomic E-state index is 13.0. The molecule has 5 rings (SSSR count). The fraction of sp³-hybridized carbons (Fsp3) is 0.333. The van der Waals surface area contributed by atoms with Gasteiger partial charge >= 0.3 is 0 Å². The van der Waals surface area contributed by atoms with Crippen molar-refractivity contribution < 1.29 is 14.3 Å². The minimum Gasteiger partial charge on any atom is -0.494 e. The van der Waals surface area contributed by atoms with E-state index in [1.807, 2.05) is 66.4 Å². The van der Waals surface area contributed by atoms with E-state index in [-0.39, 0.29) is 11.8 Å². The zero-order valence-electron chi connectivity index (χ0n) is 21.2. The van der Waals surface area contributed by atoms with E-state index < -0.39 is 0 Å². The molecule has 0 spiro atoms. The van der Waals surface area contributed by atoms with Crippen molar-refractivity contribution in [2.75, 3.05) is 24.7 Å². The fourth-order valence-electron chi connectivity index (χ4n) is 5.00. The number of nitrogens with zero attached hydrogens (tertiary/aromatic N) is 3. The molecule has 1 aliphatic rings. The second-order valence-electron chi connectivity index (χ2n) is 9.48. The summed E-state index contributed by atoms with van der Waals surface area (Å²) in [6, 6.07) is 24.1. The Morgan fingerprint density at radius 1 is 0.972 bits per heavy atom. The minimum absolute atomic E-state index is 0.0134. The number of benzene rings is 3. The predicted octanol–water partition coefficient (Wildman–Crippen LogP) is 6.16. The number of amides is 1. The summed E-state index contributed by atoms with van der Waals surface area (Å²) >= 11 is 0. The summed E-state index contributed by atoms with van der Waals surface area (Å²) in [6.07, 6.45) is 0.438. The van der Waals surface area contributed by atoms with Gasteiger partial charge in [0.1, 0.15) is 23.9 Å². The highest BCUT2D eigenvalue weighted by Crippen LogP contribution is 2.34. The van der Waals surface area contributed by atoms with Crippen molar-refractivity contribution >= 4 is 22.6 Å². The number of hydrogen-bond acceptors (Lipinski definition) is 4. The Morgan fingerprint density at radius 3 is 2.50 bits per heavy atom. The maximum absolute atomic E-state index is 13.0. The smallest absolute Gasteiger partial charge is 0.227 e. The van der Waals surface area contributed by atoms with E-state index in [0.29, 0.717) is 38.6 Å². The second-order valence-corrected chi connectivity index (χ2v) is 9.48. The van der Waals surface area contributed by atoms with Crippen LogP contribution in [0.15, 0.2) is 72.8 Å². The minimum atomic E-state index is 0.0134. The quantitative estimate of drug-likeness (QED) is 0.286. The van der Waals surface area contributed by atoms with Crippen LogP contribution in [0.5, 0.6) is 11.5 Å². The van der Waals surface area contributed by atoms with Crippen molar-refractivity contribution in [1.82, 2.24) is 9.55 Å². The molecule has 1 amide bonds. The average molecular weight is 484 g/mol. The molecule has 1 aromatic heterocycles. The summed E-state index contributed by atoms with van der Waals surface area (Å²) in [5.74, 6) is 3.20. The molecule has 1 saturated heterocycles. The van der Waals surface area contributed by atoms with Crippen LogP contribution in [0.4, 0.5) is 5.69 Å². The first-order valence-corrected chi connectivity index (χ1v) is 12.7. The van der Waals surface area contributed by atoms with Crippen molar-refractivity contribution in [3.05, 3.63) is 84.2 Å². The van der Waals surface area contributed by atoms with E-state index in [4.69, 9.17) is 14.5 Å². The first-order valence-electron chi connectivity index (χ1n) is 12.7. The fourth-order valence-corrected chi connectivity index (χ4v) is 5.00. The number of anilines is 1. The monoisotopic (exact) mass is 483 g/mol. The Bertz CT molecular complexity index is 1340. The van der Waals surface area contributed by atoms with Crippen molar-refractivity contribution in [3.8, 4) is 11.5 Å². The molecule has 3 aromatic carbocycles. The largest absolute Gasteiger partial charge is 0.494 e. The molecule has 186 valence electrons. The predicted molar refractivity (Wildman–Crippen MR) is 143 cm³/mol. The number of carbonyl (C=O) groups is 1. The van der Waals surface area contributed by atoms with E-state index in [0.717, 1.165) is 34.0 Å². The first-order chi connectivity index (χ1) is 17.5. The number of fused-ring (bicyclic) bond motifs is 1. The van der Waals surface area contributed by atoms with Crippen molar-refractivity contribution in [2.45, 2.75) is 45.6 Å². The molecular formula is C30H33N3O3. The second kappa shape index (κ2) is 10.4. The van der Waals surface area contributed by atoms with E-state index in [1.54, 1.807) is 0 Å². The highest BCUT2D eigenvalue weighted by atomic mass is 16.5. The third-order valence-corrected chi connectivity index (χ3v) is 6.75. The summed E-state index contributed by atoms with van der Waals surface area (Å²) < 4.78 is 14.0. The number of imidazole rings is 1. The number of aromatic nitrogens is 2. The van der Waals surface area contributed by atoms with Gasteiger partial charge in [-0.2, -0.15) is 0 Å². The van der Waals surface area contributed by atoms with Crippen molar-refractivity contribution in [1.29, 1.82) is 0 Å². The lowest BCUT2D eigenvalue weighted by molar-refractivity contribution is -0.117. The lowest BCUT2D eigenvalue weighted by atomic mass is 10.0. The van der Waals surface area contributed by atoms with E-state index in [2.05, 4.69) is 36.6 Å². The maximum Gasteiger partial charge on any atom is 0.227 e. The van der Waals surface area contributed by atoms with Crippen molar-refractivity contribution in [3.63, 3.8) is 0 Å². The zero-order chi connectivity index (χ0) is 25.1. The molecule has 36 heavy (non-hydrogen) atoms. The normalized spacial score (nSPS) is 15.7. The SMILES string of the molecule is CCOc1ccc(N2CC(c3nc4ccccc4n3CCOc3ccccc3C(C)C)CC2=O)cc1. The van der Waals surface area contributed by atoms with Gasteiger partial charge in [-0.25, -0.2) is 4.98 Å². The van der Waals surface area contributed by atoms with Crippen LogP contribution in [0.25, 0.3) is 11.0 Å². The molecule has 4 aromatic rings. The number of hydrogen-bond donors (Lipinski definition) is 0. The van der Waals surface area contributed by atoms with Crippen LogP contribution in [0.2, 0.25) is 0 Å². The Hall–Kier alpha value is -3.80. The molecule has 2 heterocycles. The van der Waals surface area contributed by atoms with Crippen LogP contribution < -0.4 is 14.4 Å². The Labute approximate surface area is 212 Å². The Balaban J connectivity index is 1.37. The van der Waals surface area contributed by atoms with Crippen LogP contribution >= 0.6 is 0 Å². The molecule has 0 saturated carbocycles. The average Bonchev–Trinajstić information content (AvgIpc) is 3.45. The number of ether oxygens (including phenoxy) is 2. The van der Waals surface area contributed by atoms with Crippen molar-refractivity contribution in [2.24, 2.45) is 0 Å². The highest BCUT2D eigenvalue weighted by Gasteiger charge is 2.34. The Morgan fingerprint density at radius 2 is 1.72 bits per heavy atom. The lowest BCUT2D eigenvalue weighted by Gasteiger charge is -2.18. The van der Waals surface area contributed by atoms with Gasteiger partial charge in [0.2, 0.25) is 5.91 Å². The third kappa shape index (κ3) is 4.81. The number of carbonyl (C=O) groups excluding carboxylic acids is 1. The topological polar surface area (TPSA) is 56.6 Å². The molecule has 1 unspecified atom stereocenters. The van der Waals surface area contributed by atoms with Gasteiger partial charge < -0.3 is 18.9 Å². The molecule has 1 aliphatic heterocycles. The Kier molecular flexibility index (Phi) is 6.94. The van der Waals surface area contributed by atoms with Gasteiger partial charge in [-0.1, -0.05) is 44.2 Å². The molecule has 1 atom stereocenters. The standard InChI is InChI=1S/C30H33N3O3/c1-4-35-24-15-13-23(14-16-24)33-20-22(19-29(33)34)30-31-26-10-6-7-11-27(26)32(30)17-18-36-28-12-8-5-9-25(28)21(2)3/h5-16,21-22H,4,17-20H2,1-3H3.